The van der Waals surface area contributed by atoms with Crippen molar-refractivity contribution in [1.29, 1.82) is 5.26 Å². The summed E-state index contributed by atoms with van der Waals surface area (Å²) in [5.41, 5.74) is 1.15. The van der Waals surface area contributed by atoms with Crippen molar-refractivity contribution in [2.45, 2.75) is 0 Å². The van der Waals surface area contributed by atoms with Gasteiger partial charge in [-0.1, -0.05) is 12.2 Å². The summed E-state index contributed by atoms with van der Waals surface area (Å²) in [5.74, 6) is 0. The molecule has 0 saturated carbocycles. The second-order valence-corrected chi connectivity index (χ2v) is 0.610. The topological polar surface area (TPSA) is 35.8 Å². The smallest absolute Gasteiger partial charge is 0.181 e. The third-order valence-corrected chi connectivity index (χ3v) is 0.241. The first-order chi connectivity index (χ1) is 2.41. The summed E-state index contributed by atoms with van der Waals surface area (Å²) in [6, 6.07) is 0. The molecule has 26 valence electrons. The summed E-state index contributed by atoms with van der Waals surface area (Å²) in [4.78, 5) is 0. The van der Waals surface area contributed by atoms with E-state index >= 15 is 0 Å². The van der Waals surface area contributed by atoms with Gasteiger partial charge in [0.1, 0.15) is 0 Å². The van der Waals surface area contributed by atoms with Gasteiger partial charge in [-0.15, -0.1) is 0 Å². The predicted octanol–water partition coefficient (Wildman–Crippen LogP) is 0.0143. The molecule has 0 aliphatic heterocycles. The van der Waals surface area contributed by atoms with E-state index < -0.39 is 0 Å². The molecule has 0 aromatic rings. The van der Waals surface area contributed by atoms with Crippen molar-refractivity contribution in [3.63, 3.8) is 0 Å². The van der Waals surface area contributed by atoms with Gasteiger partial charge in [-0.25, -0.2) is 0 Å². The highest BCUT2D eigenvalue weighted by molar-refractivity contribution is 7.78. The highest BCUT2D eigenvalue weighted by Crippen LogP contribution is 1.34. The average molecular weight is 86.1 g/mol. The van der Waals surface area contributed by atoms with Crippen LogP contribution in [-0.2, 0) is 0 Å². The Balaban J connectivity index is 2.75. The number of rotatable bonds is 1. The minimum atomic E-state index is 1.15. The molecule has 0 aromatic carbocycles. The second kappa shape index (κ2) is 3.38. The van der Waals surface area contributed by atoms with E-state index in [1.807, 2.05) is 0 Å². The van der Waals surface area contributed by atoms with E-state index in [0.29, 0.717) is 0 Å². The maximum Gasteiger partial charge on any atom is 0.181 e. The third kappa shape index (κ3) is 3.38. The van der Waals surface area contributed by atoms with E-state index in [0.717, 1.165) is 5.49 Å². The van der Waals surface area contributed by atoms with Crippen LogP contribution in [0.1, 0.15) is 0 Å². The fraction of sp³-hybridized carbons (Fsp3) is 0. The summed E-state index contributed by atoms with van der Waals surface area (Å²) >= 11 is 4.19. The van der Waals surface area contributed by atoms with Crippen molar-refractivity contribution < 1.29 is 0 Å². The first-order valence-corrected chi connectivity index (χ1v) is 1.47. The van der Waals surface area contributed by atoms with Crippen LogP contribution >= 0.6 is 12.2 Å². The van der Waals surface area contributed by atoms with Crippen molar-refractivity contribution in [3.8, 4) is 6.19 Å². The molecule has 0 fully saturated rings. The standard InChI is InChI=1S/C2H2N2S/c3-1-4-2-5/h2H,(H,4,5). The molecular weight excluding hydrogens is 84.1 g/mol. The first-order valence-electron chi connectivity index (χ1n) is 0.998. The summed E-state index contributed by atoms with van der Waals surface area (Å²) in [6.45, 7) is 0. The van der Waals surface area contributed by atoms with E-state index in [-0.39, 0.29) is 0 Å². The number of nitrogens with zero attached hydrogens (tertiary/aromatic N) is 1. The summed E-state index contributed by atoms with van der Waals surface area (Å²) in [6.07, 6.45) is 1.61. The van der Waals surface area contributed by atoms with Crippen LogP contribution in [-0.4, -0.2) is 5.49 Å². The summed E-state index contributed by atoms with van der Waals surface area (Å²) in [5, 5.41) is 9.71. The molecule has 0 aliphatic carbocycles. The molecule has 2 nitrogen and oxygen atoms in total. The lowest BCUT2D eigenvalue weighted by atomic mass is 11.2. The number of hydrogen-bond acceptors (Lipinski definition) is 2. The van der Waals surface area contributed by atoms with Crippen molar-refractivity contribution in [3.05, 3.63) is 0 Å². The van der Waals surface area contributed by atoms with Crippen LogP contribution in [0.25, 0.3) is 0 Å². The van der Waals surface area contributed by atoms with Crippen molar-refractivity contribution in [2.75, 3.05) is 0 Å². The lowest BCUT2D eigenvalue weighted by Crippen LogP contribution is -1.95. The highest BCUT2D eigenvalue weighted by Gasteiger charge is 1.50. The van der Waals surface area contributed by atoms with Crippen LogP contribution in [0.5, 0.6) is 0 Å². The molecule has 5 heavy (non-hydrogen) atoms. The Morgan fingerprint density at radius 1 is 2.00 bits per heavy atom. The van der Waals surface area contributed by atoms with Gasteiger partial charge in [0.05, 0.1) is 5.49 Å². The quantitative estimate of drug-likeness (QED) is 0.277. The molecule has 0 amide bonds. The van der Waals surface area contributed by atoms with Gasteiger partial charge >= 0.3 is 0 Å². The Bertz CT molecular complexity index is 62.5. The monoisotopic (exact) mass is 86.0 g/mol. The second-order valence-electron chi connectivity index (χ2n) is 0.374. The van der Waals surface area contributed by atoms with Gasteiger partial charge < -0.3 is 0 Å². The maximum atomic E-state index is 7.61. The molecular formula is C2H2N2S. The zero-order valence-corrected chi connectivity index (χ0v) is 3.25. The van der Waals surface area contributed by atoms with Crippen LogP contribution in [0.2, 0.25) is 0 Å². The van der Waals surface area contributed by atoms with Crippen molar-refractivity contribution in [1.82, 2.24) is 5.32 Å². The molecule has 1 N–H and O–H groups in total. The Labute approximate surface area is 35.4 Å². The fourth-order valence-electron chi connectivity index (χ4n) is 0.0264. The maximum absolute atomic E-state index is 7.61. The van der Waals surface area contributed by atoms with E-state index in [4.69, 9.17) is 5.26 Å². The molecule has 0 rings (SSSR count). The Hall–Kier alpha value is -0.620. The lowest BCUT2D eigenvalue weighted by Gasteiger charge is -1.64. The van der Waals surface area contributed by atoms with Crippen LogP contribution in [0.4, 0.5) is 0 Å². The SMILES string of the molecule is N#CNC=S. The number of thiocarbonyl (C=S) groups is 1. The van der Waals surface area contributed by atoms with Crippen LogP contribution in [0.15, 0.2) is 0 Å². The molecule has 0 aromatic heterocycles. The molecule has 0 unspecified atom stereocenters. The van der Waals surface area contributed by atoms with E-state index in [1.54, 1.807) is 6.19 Å². The van der Waals surface area contributed by atoms with Gasteiger partial charge in [-0.05, 0) is 0 Å². The molecule has 0 atom stereocenters. The number of nitrogens with one attached hydrogen (secondary N) is 1. The van der Waals surface area contributed by atoms with Crippen LogP contribution < -0.4 is 5.32 Å². The first kappa shape index (κ1) is 4.38. The Kier molecular flexibility index (Phi) is 2.96. The molecule has 0 spiro atoms. The van der Waals surface area contributed by atoms with E-state index in [2.05, 4.69) is 17.5 Å². The molecule has 0 aliphatic rings. The van der Waals surface area contributed by atoms with Gasteiger partial charge in [-0.2, -0.15) is 5.26 Å². The minimum absolute atomic E-state index is 1.15. The van der Waals surface area contributed by atoms with Crippen LogP contribution in [0, 0.1) is 11.5 Å². The molecule has 0 radical (unpaired) electrons. The highest BCUT2D eigenvalue weighted by atomic mass is 32.1. The van der Waals surface area contributed by atoms with E-state index in [1.165, 1.54) is 0 Å². The molecule has 0 bridgehead atoms. The van der Waals surface area contributed by atoms with Gasteiger partial charge in [0, 0.05) is 0 Å². The summed E-state index contributed by atoms with van der Waals surface area (Å²) < 4.78 is 0. The van der Waals surface area contributed by atoms with Gasteiger partial charge in [-0.3, -0.25) is 5.32 Å². The van der Waals surface area contributed by atoms with Crippen LogP contribution in [0.3, 0.4) is 0 Å². The van der Waals surface area contributed by atoms with Gasteiger partial charge in [0.25, 0.3) is 0 Å². The van der Waals surface area contributed by atoms with E-state index in [9.17, 15) is 0 Å². The fourth-order valence-corrected chi connectivity index (χ4v) is 0.0791. The van der Waals surface area contributed by atoms with Gasteiger partial charge in [0.15, 0.2) is 6.19 Å². The van der Waals surface area contributed by atoms with Crippen molar-refractivity contribution in [2.24, 2.45) is 0 Å². The largest absolute Gasteiger partial charge is 0.290 e. The van der Waals surface area contributed by atoms with Gasteiger partial charge in [0.2, 0.25) is 0 Å². The number of hydrogen-bond donors (Lipinski definition) is 1. The third-order valence-electron chi connectivity index (χ3n) is 0.123. The minimum Gasteiger partial charge on any atom is -0.290 e. The van der Waals surface area contributed by atoms with Crippen molar-refractivity contribution >= 4 is 17.7 Å². The predicted molar refractivity (Wildman–Crippen MR) is 22.4 cm³/mol. The Morgan fingerprint density at radius 3 is 2.60 bits per heavy atom. The molecule has 0 heterocycles. The summed E-state index contributed by atoms with van der Waals surface area (Å²) in [7, 11) is 0. The average Bonchev–Trinajstić information content (AvgIpc) is 1.41. The number of nitriles is 1. The molecule has 3 heteroatoms. The Morgan fingerprint density at radius 2 is 2.60 bits per heavy atom. The normalized spacial score (nSPS) is 4.60. The lowest BCUT2D eigenvalue weighted by molar-refractivity contribution is 1.32. The zero-order valence-electron chi connectivity index (χ0n) is 2.43. The molecule has 0 saturated heterocycles. The zero-order chi connectivity index (χ0) is 4.12.